The molecule has 1 aromatic rings. The van der Waals surface area contributed by atoms with Gasteiger partial charge in [-0.15, -0.1) is 0 Å². The first-order valence-corrected chi connectivity index (χ1v) is 5.80. The van der Waals surface area contributed by atoms with Crippen molar-refractivity contribution in [2.24, 2.45) is 0 Å². The highest BCUT2D eigenvalue weighted by molar-refractivity contribution is 5.66. The van der Waals surface area contributed by atoms with Crippen LogP contribution in [0.15, 0.2) is 36.4 Å². The summed E-state index contributed by atoms with van der Waals surface area (Å²) in [7, 11) is 2.00. The molecular weight excluding hydrogens is 214 g/mol. The summed E-state index contributed by atoms with van der Waals surface area (Å²) in [4.78, 5) is 12.5. The smallest absolute Gasteiger partial charge is 0.303 e. The Hall–Kier alpha value is -1.61. The van der Waals surface area contributed by atoms with Gasteiger partial charge in [-0.25, -0.2) is 0 Å². The van der Waals surface area contributed by atoms with Crippen molar-refractivity contribution in [3.05, 3.63) is 42.0 Å². The minimum absolute atomic E-state index is 0.243. The van der Waals surface area contributed by atoms with Crippen LogP contribution in [-0.2, 0) is 4.79 Å². The number of hydrogen-bond acceptors (Lipinski definition) is 2. The molecule has 3 nitrogen and oxygen atoms in total. The zero-order valence-electron chi connectivity index (χ0n) is 10.2. The molecule has 1 N–H and O–H groups in total. The Morgan fingerprint density at radius 2 is 2.06 bits per heavy atom. The van der Waals surface area contributed by atoms with Crippen LogP contribution in [0.3, 0.4) is 0 Å². The van der Waals surface area contributed by atoms with Gasteiger partial charge in [-0.05, 0) is 25.6 Å². The minimum Gasteiger partial charge on any atom is -0.481 e. The van der Waals surface area contributed by atoms with Gasteiger partial charge >= 0.3 is 5.97 Å². The number of rotatable bonds is 7. The van der Waals surface area contributed by atoms with Gasteiger partial charge in [0.05, 0.1) is 0 Å². The van der Waals surface area contributed by atoms with Gasteiger partial charge in [0.25, 0.3) is 0 Å². The van der Waals surface area contributed by atoms with Gasteiger partial charge in [0, 0.05) is 13.0 Å². The molecule has 0 aliphatic carbocycles. The fourth-order valence-corrected chi connectivity index (χ4v) is 1.52. The van der Waals surface area contributed by atoms with Crippen LogP contribution in [0.5, 0.6) is 0 Å². The Morgan fingerprint density at radius 3 is 2.71 bits per heavy atom. The molecule has 0 aromatic heterocycles. The minimum atomic E-state index is -0.724. The van der Waals surface area contributed by atoms with E-state index in [2.05, 4.69) is 29.2 Å². The van der Waals surface area contributed by atoms with Crippen LogP contribution < -0.4 is 0 Å². The summed E-state index contributed by atoms with van der Waals surface area (Å²) in [6.07, 6.45) is 5.11. The summed E-state index contributed by atoms with van der Waals surface area (Å²) in [6.45, 7) is 1.65. The third-order valence-electron chi connectivity index (χ3n) is 2.46. The second-order valence-electron chi connectivity index (χ2n) is 4.07. The Balaban J connectivity index is 2.21. The monoisotopic (exact) mass is 233 g/mol. The topological polar surface area (TPSA) is 40.5 Å². The molecule has 0 unspecified atom stereocenters. The van der Waals surface area contributed by atoms with Gasteiger partial charge in [-0.2, -0.15) is 0 Å². The van der Waals surface area contributed by atoms with Gasteiger partial charge in [0.1, 0.15) is 0 Å². The van der Waals surface area contributed by atoms with Gasteiger partial charge in [-0.3, -0.25) is 4.79 Å². The number of benzene rings is 1. The van der Waals surface area contributed by atoms with Crippen LogP contribution in [0.1, 0.15) is 18.4 Å². The molecule has 0 saturated carbocycles. The summed E-state index contributed by atoms with van der Waals surface area (Å²) in [5, 5.41) is 8.52. The van der Waals surface area contributed by atoms with Crippen LogP contribution in [0.25, 0.3) is 6.08 Å². The van der Waals surface area contributed by atoms with Gasteiger partial charge in [-0.1, -0.05) is 42.5 Å². The normalized spacial score (nSPS) is 11.2. The first-order chi connectivity index (χ1) is 8.18. The van der Waals surface area contributed by atoms with E-state index in [9.17, 15) is 4.79 Å². The maximum absolute atomic E-state index is 10.3. The average Bonchev–Trinajstić information content (AvgIpc) is 2.30. The van der Waals surface area contributed by atoms with Crippen molar-refractivity contribution in [1.82, 2.24) is 4.90 Å². The molecule has 0 saturated heterocycles. The van der Waals surface area contributed by atoms with Crippen molar-refractivity contribution >= 4 is 12.0 Å². The zero-order chi connectivity index (χ0) is 12.5. The molecule has 0 aliphatic rings. The number of hydrogen-bond donors (Lipinski definition) is 1. The predicted molar refractivity (Wildman–Crippen MR) is 69.8 cm³/mol. The molecule has 0 heterocycles. The molecular formula is C14H19NO2. The molecule has 92 valence electrons. The molecule has 17 heavy (non-hydrogen) atoms. The summed E-state index contributed by atoms with van der Waals surface area (Å²) in [5.41, 5.74) is 1.19. The highest BCUT2D eigenvalue weighted by Gasteiger charge is 1.99. The number of aliphatic carboxylic acids is 1. The molecule has 0 aliphatic heterocycles. The molecule has 1 aromatic carbocycles. The van der Waals surface area contributed by atoms with E-state index in [0.717, 1.165) is 13.1 Å². The summed E-state index contributed by atoms with van der Waals surface area (Å²) in [5.74, 6) is -0.724. The third-order valence-corrected chi connectivity index (χ3v) is 2.46. The van der Waals surface area contributed by atoms with Crippen molar-refractivity contribution in [3.8, 4) is 0 Å². The number of carbonyl (C=O) groups is 1. The lowest BCUT2D eigenvalue weighted by molar-refractivity contribution is -0.137. The SMILES string of the molecule is CN(CC=Cc1ccccc1)CCCC(=O)O. The first kappa shape index (κ1) is 13.5. The lowest BCUT2D eigenvalue weighted by Crippen LogP contribution is -2.20. The van der Waals surface area contributed by atoms with Crippen molar-refractivity contribution < 1.29 is 9.90 Å². The first-order valence-electron chi connectivity index (χ1n) is 5.80. The number of carboxylic acid groups (broad SMARTS) is 1. The molecule has 0 spiro atoms. The molecule has 0 radical (unpaired) electrons. The van der Waals surface area contributed by atoms with E-state index in [1.165, 1.54) is 5.56 Å². The number of nitrogens with zero attached hydrogens (tertiary/aromatic N) is 1. The van der Waals surface area contributed by atoms with Crippen LogP contribution in [-0.4, -0.2) is 36.1 Å². The van der Waals surface area contributed by atoms with E-state index in [1.807, 2.05) is 25.2 Å². The Bertz CT molecular complexity index is 360. The number of likely N-dealkylation sites (N-methyl/N-ethyl adjacent to an activating group) is 1. The van der Waals surface area contributed by atoms with E-state index in [4.69, 9.17) is 5.11 Å². The van der Waals surface area contributed by atoms with Gasteiger partial charge < -0.3 is 10.0 Å². The van der Waals surface area contributed by atoms with Crippen molar-refractivity contribution in [1.29, 1.82) is 0 Å². The van der Waals surface area contributed by atoms with E-state index < -0.39 is 5.97 Å². The van der Waals surface area contributed by atoms with E-state index >= 15 is 0 Å². The lowest BCUT2D eigenvalue weighted by Gasteiger charge is -2.12. The predicted octanol–water partition coefficient (Wildman–Crippen LogP) is 2.50. The fraction of sp³-hybridized carbons (Fsp3) is 0.357. The third kappa shape index (κ3) is 6.53. The zero-order valence-corrected chi connectivity index (χ0v) is 10.2. The lowest BCUT2D eigenvalue weighted by atomic mass is 10.2. The van der Waals surface area contributed by atoms with E-state index in [0.29, 0.717) is 6.42 Å². The average molecular weight is 233 g/mol. The second-order valence-corrected chi connectivity index (χ2v) is 4.07. The highest BCUT2D eigenvalue weighted by Crippen LogP contribution is 2.01. The van der Waals surface area contributed by atoms with Crippen LogP contribution in [0, 0.1) is 0 Å². The summed E-state index contributed by atoms with van der Waals surface area (Å²) < 4.78 is 0. The summed E-state index contributed by atoms with van der Waals surface area (Å²) in [6, 6.07) is 10.1. The Kier molecular flexibility index (Phi) is 6.04. The van der Waals surface area contributed by atoms with E-state index in [-0.39, 0.29) is 6.42 Å². The second kappa shape index (κ2) is 7.63. The molecule has 3 heteroatoms. The standard InChI is InChI=1S/C14H19NO2/c1-15(12-6-10-14(16)17)11-5-9-13-7-3-2-4-8-13/h2-5,7-9H,6,10-12H2,1H3,(H,16,17). The van der Waals surface area contributed by atoms with Gasteiger partial charge in [0.15, 0.2) is 0 Å². The summed E-state index contributed by atoms with van der Waals surface area (Å²) >= 11 is 0. The van der Waals surface area contributed by atoms with Crippen molar-refractivity contribution in [2.75, 3.05) is 20.1 Å². The fourth-order valence-electron chi connectivity index (χ4n) is 1.52. The number of carboxylic acids is 1. The molecule has 0 atom stereocenters. The largest absolute Gasteiger partial charge is 0.481 e. The van der Waals surface area contributed by atoms with Crippen molar-refractivity contribution in [3.63, 3.8) is 0 Å². The molecule has 0 bridgehead atoms. The molecule has 0 fully saturated rings. The molecule has 0 amide bonds. The van der Waals surface area contributed by atoms with Crippen LogP contribution >= 0.6 is 0 Å². The van der Waals surface area contributed by atoms with Gasteiger partial charge in [0.2, 0.25) is 0 Å². The maximum Gasteiger partial charge on any atom is 0.303 e. The van der Waals surface area contributed by atoms with Crippen molar-refractivity contribution in [2.45, 2.75) is 12.8 Å². The van der Waals surface area contributed by atoms with E-state index in [1.54, 1.807) is 0 Å². The molecule has 1 rings (SSSR count). The highest BCUT2D eigenvalue weighted by atomic mass is 16.4. The quantitative estimate of drug-likeness (QED) is 0.786. The Morgan fingerprint density at radius 1 is 1.35 bits per heavy atom. The van der Waals surface area contributed by atoms with Crippen LogP contribution in [0.2, 0.25) is 0 Å². The van der Waals surface area contributed by atoms with Crippen LogP contribution in [0.4, 0.5) is 0 Å². The maximum atomic E-state index is 10.3. The Labute approximate surface area is 102 Å².